The lowest BCUT2D eigenvalue weighted by Crippen LogP contribution is -1.99. The second-order valence-electron chi connectivity index (χ2n) is 7.56. The third-order valence-corrected chi connectivity index (χ3v) is 4.93. The van der Waals surface area contributed by atoms with Gasteiger partial charge in [-0.05, 0) is 30.7 Å². The van der Waals surface area contributed by atoms with Crippen LogP contribution in [0.2, 0.25) is 0 Å². The normalized spacial score (nSPS) is 11.7. The van der Waals surface area contributed by atoms with Crippen molar-refractivity contribution in [2.24, 2.45) is 15.3 Å². The third kappa shape index (κ3) is 10.5. The average molecular weight is 424 g/mol. The highest BCUT2D eigenvalue weighted by Crippen LogP contribution is 2.17. The predicted octanol–water partition coefficient (Wildman–Crippen LogP) is 8.03. The van der Waals surface area contributed by atoms with E-state index in [-0.39, 0.29) is 5.69 Å². The molecule has 0 atom stereocenters. The molecule has 0 bridgehead atoms. The summed E-state index contributed by atoms with van der Waals surface area (Å²) in [7, 11) is 0. The Morgan fingerprint density at radius 3 is 2.10 bits per heavy atom. The maximum Gasteiger partial charge on any atom is 0.269 e. The van der Waals surface area contributed by atoms with Gasteiger partial charge in [-0.2, -0.15) is 5.10 Å². The quantitative estimate of drug-likeness (QED) is 0.0832. The average Bonchev–Trinajstić information content (AvgIpc) is 2.80. The molecule has 0 aliphatic rings. The molecule has 1 N–H and O–H groups in total. The first-order valence-corrected chi connectivity index (χ1v) is 11.2. The van der Waals surface area contributed by atoms with E-state index in [1.807, 2.05) is 30.3 Å². The highest BCUT2D eigenvalue weighted by Gasteiger charge is 2.04. The van der Waals surface area contributed by atoms with Gasteiger partial charge in [-0.25, -0.2) is 0 Å². The number of nitrogens with one attached hydrogen (secondary N) is 1. The summed E-state index contributed by atoms with van der Waals surface area (Å²) in [6.45, 7) is 2.24. The molecule has 0 saturated heterocycles. The number of benzene rings is 2. The topological polar surface area (TPSA) is 92.2 Å². The van der Waals surface area contributed by atoms with Crippen molar-refractivity contribution in [3.8, 4) is 0 Å². The highest BCUT2D eigenvalue weighted by atomic mass is 16.6. The zero-order valence-electron chi connectivity index (χ0n) is 18.4. The molecule has 0 radical (unpaired) electrons. The van der Waals surface area contributed by atoms with Crippen molar-refractivity contribution in [1.29, 1.82) is 0 Å². The summed E-state index contributed by atoms with van der Waals surface area (Å²) in [6.07, 6.45) is 12.0. The molecule has 0 amide bonds. The summed E-state index contributed by atoms with van der Waals surface area (Å²) in [5, 5.41) is 23.8. The van der Waals surface area contributed by atoms with E-state index in [1.165, 1.54) is 57.1 Å². The zero-order valence-corrected chi connectivity index (χ0v) is 18.4. The number of azo groups is 1. The smallest absolute Gasteiger partial charge is 0.269 e. The Kier molecular flexibility index (Phi) is 11.6. The van der Waals surface area contributed by atoms with Crippen molar-refractivity contribution < 1.29 is 4.92 Å². The Labute approximate surface area is 184 Å². The fraction of sp³-hybridized carbons (Fsp3) is 0.458. The van der Waals surface area contributed by atoms with Crippen molar-refractivity contribution in [1.82, 2.24) is 0 Å². The van der Waals surface area contributed by atoms with Crippen molar-refractivity contribution in [3.05, 3.63) is 64.7 Å². The molecule has 0 unspecified atom stereocenters. The molecule has 0 aromatic heterocycles. The number of hydrazone groups is 1. The number of amidine groups is 1. The lowest BCUT2D eigenvalue weighted by Gasteiger charge is -2.04. The molecule has 0 aliphatic heterocycles. The summed E-state index contributed by atoms with van der Waals surface area (Å²) in [5.74, 6) is 0.616. The Morgan fingerprint density at radius 1 is 0.871 bits per heavy atom. The predicted molar refractivity (Wildman–Crippen MR) is 127 cm³/mol. The van der Waals surface area contributed by atoms with Gasteiger partial charge in [0.15, 0.2) is 5.84 Å². The number of hydrogen-bond acceptors (Lipinski definition) is 5. The summed E-state index contributed by atoms with van der Waals surface area (Å²) in [4.78, 5) is 10.4. The largest absolute Gasteiger partial charge is 0.277 e. The number of anilines is 1. The standard InChI is InChI=1S/C24H33N5O2/c1-2-3-4-5-6-7-8-9-13-16-24(27-25-21-14-11-10-12-15-21)28-26-22-17-19-23(20-18-22)29(30)31/h10-12,14-15,17-20,26H,2-9,13,16H2,1H3. The van der Waals surface area contributed by atoms with Gasteiger partial charge in [0.1, 0.15) is 0 Å². The van der Waals surface area contributed by atoms with Crippen LogP contribution in [0.3, 0.4) is 0 Å². The maximum absolute atomic E-state index is 10.8. The zero-order chi connectivity index (χ0) is 22.2. The first-order chi connectivity index (χ1) is 15.2. The van der Waals surface area contributed by atoms with Gasteiger partial charge in [0, 0.05) is 18.6 Å². The number of hydrogen-bond donors (Lipinski definition) is 1. The van der Waals surface area contributed by atoms with E-state index in [1.54, 1.807) is 12.1 Å². The van der Waals surface area contributed by atoms with Gasteiger partial charge in [0.05, 0.1) is 16.3 Å². The number of nitro benzene ring substituents is 1. The van der Waals surface area contributed by atoms with Gasteiger partial charge >= 0.3 is 0 Å². The minimum atomic E-state index is -0.420. The number of rotatable bonds is 14. The van der Waals surface area contributed by atoms with E-state index in [0.717, 1.165) is 24.9 Å². The van der Waals surface area contributed by atoms with Crippen molar-refractivity contribution in [2.75, 3.05) is 5.43 Å². The molecule has 2 aromatic carbocycles. The molecular formula is C24H33N5O2. The van der Waals surface area contributed by atoms with E-state index in [2.05, 4.69) is 27.7 Å². The molecule has 0 saturated carbocycles. The van der Waals surface area contributed by atoms with Crippen LogP contribution >= 0.6 is 0 Å². The lowest BCUT2D eigenvalue weighted by atomic mass is 10.1. The number of non-ortho nitro benzene ring substituents is 1. The van der Waals surface area contributed by atoms with Crippen LogP contribution < -0.4 is 5.43 Å². The number of nitro groups is 1. The minimum Gasteiger partial charge on any atom is -0.277 e. The third-order valence-electron chi connectivity index (χ3n) is 4.93. The summed E-state index contributed by atoms with van der Waals surface area (Å²) >= 11 is 0. The SMILES string of the molecule is CCCCCCCCCCCC(N=Nc1ccccc1)=NNc1ccc([N+](=O)[O-])cc1. The second kappa shape index (κ2) is 14.8. The summed E-state index contributed by atoms with van der Waals surface area (Å²) in [5.41, 5.74) is 4.44. The molecule has 2 aromatic rings. The molecule has 0 fully saturated rings. The fourth-order valence-corrected chi connectivity index (χ4v) is 3.12. The highest BCUT2D eigenvalue weighted by molar-refractivity contribution is 5.83. The van der Waals surface area contributed by atoms with Crippen LogP contribution in [0, 0.1) is 10.1 Å². The van der Waals surface area contributed by atoms with Crippen LogP contribution in [0.15, 0.2) is 69.9 Å². The molecule has 31 heavy (non-hydrogen) atoms. The fourth-order valence-electron chi connectivity index (χ4n) is 3.12. The van der Waals surface area contributed by atoms with Crippen LogP contribution in [0.4, 0.5) is 17.1 Å². The lowest BCUT2D eigenvalue weighted by molar-refractivity contribution is -0.384. The molecule has 7 heteroatoms. The Balaban J connectivity index is 1.86. The molecule has 0 spiro atoms. The van der Waals surface area contributed by atoms with E-state index in [9.17, 15) is 10.1 Å². The molecule has 166 valence electrons. The van der Waals surface area contributed by atoms with Crippen molar-refractivity contribution >= 4 is 22.9 Å². The van der Waals surface area contributed by atoms with Gasteiger partial charge in [0.2, 0.25) is 0 Å². The molecule has 7 nitrogen and oxygen atoms in total. The Hall–Kier alpha value is -3.09. The summed E-state index contributed by atoms with van der Waals surface area (Å²) < 4.78 is 0. The van der Waals surface area contributed by atoms with Crippen LogP contribution in [0.1, 0.15) is 71.1 Å². The molecule has 0 heterocycles. The van der Waals surface area contributed by atoms with Crippen LogP contribution in [-0.4, -0.2) is 10.8 Å². The van der Waals surface area contributed by atoms with E-state index in [4.69, 9.17) is 0 Å². The second-order valence-corrected chi connectivity index (χ2v) is 7.56. The van der Waals surface area contributed by atoms with Crippen LogP contribution in [0.25, 0.3) is 0 Å². The van der Waals surface area contributed by atoms with Gasteiger partial charge in [0.25, 0.3) is 5.69 Å². The first-order valence-electron chi connectivity index (χ1n) is 11.2. The maximum atomic E-state index is 10.8. The van der Waals surface area contributed by atoms with Gasteiger partial charge < -0.3 is 0 Å². The van der Waals surface area contributed by atoms with E-state index >= 15 is 0 Å². The minimum absolute atomic E-state index is 0.0493. The first kappa shape index (κ1) is 24.2. The molecule has 2 rings (SSSR count). The monoisotopic (exact) mass is 423 g/mol. The summed E-state index contributed by atoms with van der Waals surface area (Å²) in [6, 6.07) is 15.7. The number of nitrogens with zero attached hydrogens (tertiary/aromatic N) is 4. The van der Waals surface area contributed by atoms with Gasteiger partial charge in [-0.3, -0.25) is 15.5 Å². The van der Waals surface area contributed by atoms with E-state index in [0.29, 0.717) is 11.5 Å². The van der Waals surface area contributed by atoms with Crippen LogP contribution in [-0.2, 0) is 0 Å². The molecular weight excluding hydrogens is 390 g/mol. The Morgan fingerprint density at radius 2 is 1.48 bits per heavy atom. The Bertz CT molecular complexity index is 820. The van der Waals surface area contributed by atoms with Gasteiger partial charge in [-0.15, -0.1) is 10.2 Å². The van der Waals surface area contributed by atoms with Gasteiger partial charge in [-0.1, -0.05) is 76.5 Å². The van der Waals surface area contributed by atoms with E-state index < -0.39 is 4.92 Å². The van der Waals surface area contributed by atoms with Crippen molar-refractivity contribution in [2.45, 2.75) is 71.1 Å². The molecule has 0 aliphatic carbocycles. The van der Waals surface area contributed by atoms with Crippen molar-refractivity contribution in [3.63, 3.8) is 0 Å². The number of unbranched alkanes of at least 4 members (excludes halogenated alkanes) is 8. The van der Waals surface area contributed by atoms with Crippen LogP contribution in [0.5, 0.6) is 0 Å².